The highest BCUT2D eigenvalue weighted by atomic mass is 15.1. The predicted molar refractivity (Wildman–Crippen MR) is 77.6 cm³/mol. The van der Waals surface area contributed by atoms with Crippen LogP contribution in [0.4, 0.5) is 5.69 Å². The van der Waals surface area contributed by atoms with Gasteiger partial charge in [-0.15, -0.1) is 0 Å². The molecule has 0 aliphatic rings. The van der Waals surface area contributed by atoms with Crippen LogP contribution in [0.3, 0.4) is 0 Å². The fourth-order valence-electron chi connectivity index (χ4n) is 2.38. The molecule has 2 nitrogen and oxygen atoms in total. The van der Waals surface area contributed by atoms with Crippen molar-refractivity contribution >= 4 is 5.69 Å². The summed E-state index contributed by atoms with van der Waals surface area (Å²) in [5.41, 5.74) is 1.12. The van der Waals surface area contributed by atoms with Crippen molar-refractivity contribution in [2.75, 3.05) is 11.9 Å². The van der Waals surface area contributed by atoms with Crippen LogP contribution in [0.5, 0.6) is 0 Å². The summed E-state index contributed by atoms with van der Waals surface area (Å²) in [5.74, 6) is 0.458. The summed E-state index contributed by atoms with van der Waals surface area (Å²) >= 11 is 0. The fourth-order valence-corrected chi connectivity index (χ4v) is 2.38. The third kappa shape index (κ3) is 3.77. The molecule has 0 heterocycles. The summed E-state index contributed by atoms with van der Waals surface area (Å²) in [6, 6.07) is 12.6. The summed E-state index contributed by atoms with van der Waals surface area (Å²) in [7, 11) is 2.03. The number of anilines is 1. The number of rotatable bonds is 7. The van der Waals surface area contributed by atoms with E-state index in [0.29, 0.717) is 5.92 Å². The zero-order valence-electron chi connectivity index (χ0n) is 11.8. The first-order valence-corrected chi connectivity index (χ1v) is 6.92. The molecule has 0 saturated heterocycles. The Kier molecular flexibility index (Phi) is 6.28. The molecule has 0 spiro atoms. The number of para-hydroxylation sites is 1. The van der Waals surface area contributed by atoms with Gasteiger partial charge in [-0.1, -0.05) is 51.3 Å². The first-order chi connectivity index (χ1) is 8.74. The zero-order chi connectivity index (χ0) is 13.4. The number of nitriles is 1. The normalized spacial score (nSPS) is 13.7. The van der Waals surface area contributed by atoms with E-state index in [2.05, 4.69) is 36.9 Å². The monoisotopic (exact) mass is 244 g/mol. The van der Waals surface area contributed by atoms with Crippen LogP contribution in [0.2, 0.25) is 0 Å². The van der Waals surface area contributed by atoms with Crippen molar-refractivity contribution in [2.45, 2.75) is 45.6 Å². The van der Waals surface area contributed by atoms with E-state index >= 15 is 0 Å². The summed E-state index contributed by atoms with van der Waals surface area (Å²) in [6.45, 7) is 4.39. The Balaban J connectivity index is 2.78. The van der Waals surface area contributed by atoms with Gasteiger partial charge < -0.3 is 4.90 Å². The lowest BCUT2D eigenvalue weighted by atomic mass is 9.91. The second-order valence-electron chi connectivity index (χ2n) is 4.83. The van der Waals surface area contributed by atoms with Crippen LogP contribution in [0, 0.1) is 17.2 Å². The highest BCUT2D eigenvalue weighted by Crippen LogP contribution is 2.24. The van der Waals surface area contributed by atoms with Gasteiger partial charge in [0.1, 0.15) is 6.04 Å². The molecule has 2 heteroatoms. The second kappa shape index (κ2) is 7.76. The van der Waals surface area contributed by atoms with E-state index in [-0.39, 0.29) is 6.04 Å². The van der Waals surface area contributed by atoms with Crippen molar-refractivity contribution in [1.82, 2.24) is 0 Å². The molecule has 0 aliphatic carbocycles. The maximum absolute atomic E-state index is 9.47. The molecule has 0 fully saturated rings. The maximum Gasteiger partial charge on any atom is 0.119 e. The third-order valence-corrected chi connectivity index (χ3v) is 3.61. The van der Waals surface area contributed by atoms with E-state index in [0.717, 1.165) is 18.5 Å². The Bertz CT molecular complexity index is 366. The Hall–Kier alpha value is -1.49. The predicted octanol–water partition coefficient (Wildman–Crippen LogP) is 4.23. The number of unbranched alkanes of at least 4 members (excludes halogenated alkanes) is 1. The molecule has 0 amide bonds. The van der Waals surface area contributed by atoms with E-state index < -0.39 is 0 Å². The van der Waals surface area contributed by atoms with Gasteiger partial charge in [0, 0.05) is 12.7 Å². The Morgan fingerprint density at radius 1 is 1.22 bits per heavy atom. The summed E-state index contributed by atoms with van der Waals surface area (Å²) in [4.78, 5) is 2.11. The van der Waals surface area contributed by atoms with Gasteiger partial charge in [-0.05, 0) is 24.5 Å². The molecule has 2 atom stereocenters. The van der Waals surface area contributed by atoms with Gasteiger partial charge in [0.2, 0.25) is 0 Å². The van der Waals surface area contributed by atoms with Crippen molar-refractivity contribution in [3.63, 3.8) is 0 Å². The highest BCUT2D eigenvalue weighted by molar-refractivity contribution is 5.47. The molecule has 1 aromatic carbocycles. The SMILES string of the molecule is CCCC[C@@H](CC)[C@H](C#N)N(C)c1ccccc1. The molecule has 0 aromatic heterocycles. The van der Waals surface area contributed by atoms with Crippen molar-refractivity contribution in [3.8, 4) is 6.07 Å². The van der Waals surface area contributed by atoms with Crippen LogP contribution in [0.15, 0.2) is 30.3 Å². The second-order valence-corrected chi connectivity index (χ2v) is 4.83. The molecule has 18 heavy (non-hydrogen) atoms. The van der Waals surface area contributed by atoms with Gasteiger partial charge in [-0.3, -0.25) is 0 Å². The van der Waals surface area contributed by atoms with Crippen LogP contribution < -0.4 is 4.90 Å². The van der Waals surface area contributed by atoms with Gasteiger partial charge >= 0.3 is 0 Å². The van der Waals surface area contributed by atoms with Crippen LogP contribution in [0.25, 0.3) is 0 Å². The first-order valence-electron chi connectivity index (χ1n) is 6.92. The van der Waals surface area contributed by atoms with Crippen molar-refractivity contribution in [2.24, 2.45) is 5.92 Å². The molecular weight excluding hydrogens is 220 g/mol. The molecule has 0 unspecified atom stereocenters. The van der Waals surface area contributed by atoms with Gasteiger partial charge in [0.15, 0.2) is 0 Å². The van der Waals surface area contributed by atoms with E-state index in [1.165, 1.54) is 12.8 Å². The molecule has 0 bridgehead atoms. The molecule has 98 valence electrons. The van der Waals surface area contributed by atoms with Crippen molar-refractivity contribution < 1.29 is 0 Å². The standard InChI is InChI=1S/C16H24N2/c1-4-6-10-14(5-2)16(13-17)18(3)15-11-8-7-9-12-15/h7-9,11-12,14,16H,4-6,10H2,1-3H3/t14-,16+/m1/s1. The minimum absolute atomic E-state index is 0.0241. The molecule has 0 N–H and O–H groups in total. The Morgan fingerprint density at radius 2 is 1.89 bits per heavy atom. The fraction of sp³-hybridized carbons (Fsp3) is 0.562. The van der Waals surface area contributed by atoms with E-state index in [1.807, 2.05) is 25.2 Å². The maximum atomic E-state index is 9.47. The number of hydrogen-bond donors (Lipinski definition) is 0. The van der Waals surface area contributed by atoms with Crippen LogP contribution in [-0.2, 0) is 0 Å². The van der Waals surface area contributed by atoms with Gasteiger partial charge in [0.25, 0.3) is 0 Å². The smallest absolute Gasteiger partial charge is 0.119 e. The van der Waals surface area contributed by atoms with Gasteiger partial charge in [0.05, 0.1) is 6.07 Å². The van der Waals surface area contributed by atoms with E-state index in [4.69, 9.17) is 0 Å². The Morgan fingerprint density at radius 3 is 2.39 bits per heavy atom. The van der Waals surface area contributed by atoms with Gasteiger partial charge in [-0.25, -0.2) is 0 Å². The largest absolute Gasteiger partial charge is 0.359 e. The number of nitrogens with zero attached hydrogens (tertiary/aromatic N) is 2. The van der Waals surface area contributed by atoms with Crippen LogP contribution in [0.1, 0.15) is 39.5 Å². The minimum Gasteiger partial charge on any atom is -0.359 e. The van der Waals surface area contributed by atoms with Gasteiger partial charge in [-0.2, -0.15) is 5.26 Å². The number of benzene rings is 1. The Labute approximate surface area is 111 Å². The van der Waals surface area contributed by atoms with Crippen LogP contribution >= 0.6 is 0 Å². The molecule has 0 radical (unpaired) electrons. The first kappa shape index (κ1) is 14.6. The molecule has 1 rings (SSSR count). The van der Waals surface area contributed by atoms with Crippen molar-refractivity contribution in [1.29, 1.82) is 5.26 Å². The lowest BCUT2D eigenvalue weighted by Gasteiger charge is -2.31. The highest BCUT2D eigenvalue weighted by Gasteiger charge is 2.23. The lowest BCUT2D eigenvalue weighted by Crippen LogP contribution is -2.36. The third-order valence-electron chi connectivity index (χ3n) is 3.61. The van der Waals surface area contributed by atoms with Crippen molar-refractivity contribution in [3.05, 3.63) is 30.3 Å². The zero-order valence-corrected chi connectivity index (χ0v) is 11.8. The van der Waals surface area contributed by atoms with Crippen LogP contribution in [-0.4, -0.2) is 13.1 Å². The molecule has 0 saturated carbocycles. The average molecular weight is 244 g/mol. The quantitative estimate of drug-likeness (QED) is 0.717. The topological polar surface area (TPSA) is 27.0 Å². The minimum atomic E-state index is -0.0241. The summed E-state index contributed by atoms with van der Waals surface area (Å²) in [5, 5.41) is 9.47. The molecule has 1 aromatic rings. The molecular formula is C16H24N2. The summed E-state index contributed by atoms with van der Waals surface area (Å²) < 4.78 is 0. The summed E-state index contributed by atoms with van der Waals surface area (Å²) in [6.07, 6.45) is 4.61. The van der Waals surface area contributed by atoms with E-state index in [1.54, 1.807) is 0 Å². The lowest BCUT2D eigenvalue weighted by molar-refractivity contribution is 0.407. The molecule has 0 aliphatic heterocycles. The van der Waals surface area contributed by atoms with E-state index in [9.17, 15) is 5.26 Å². The average Bonchev–Trinajstić information content (AvgIpc) is 2.43. The number of hydrogen-bond acceptors (Lipinski definition) is 2.